The third-order valence-corrected chi connectivity index (χ3v) is 3.81. The number of rotatable bonds is 13. The van der Waals surface area contributed by atoms with Crippen LogP contribution in [0.2, 0.25) is 0 Å². The van der Waals surface area contributed by atoms with Gasteiger partial charge in [0.25, 0.3) is 0 Å². The van der Waals surface area contributed by atoms with Crippen molar-refractivity contribution >= 4 is 23.7 Å². The Balaban J connectivity index is 4.77. The van der Waals surface area contributed by atoms with Gasteiger partial charge in [-0.1, -0.05) is 20.3 Å². The van der Waals surface area contributed by atoms with E-state index >= 15 is 0 Å². The number of nitrogens with two attached hydrogens (primary N) is 2. The molecule has 0 fully saturated rings. The zero-order chi connectivity index (χ0) is 21.0. The minimum Gasteiger partial charge on any atom is -0.480 e. The first-order valence-electron chi connectivity index (χ1n) is 9.14. The van der Waals surface area contributed by atoms with Crippen LogP contribution in [-0.2, 0) is 19.2 Å². The second kappa shape index (κ2) is 13.0. The van der Waals surface area contributed by atoms with Gasteiger partial charge in [-0.15, -0.1) is 0 Å². The van der Waals surface area contributed by atoms with E-state index in [0.29, 0.717) is 25.8 Å². The van der Waals surface area contributed by atoms with Crippen LogP contribution in [0.15, 0.2) is 0 Å². The highest BCUT2D eigenvalue weighted by Gasteiger charge is 2.26. The molecule has 0 aromatic rings. The molecule has 3 atom stereocenters. The Labute approximate surface area is 159 Å². The molecule has 0 heterocycles. The van der Waals surface area contributed by atoms with Crippen LogP contribution in [0.25, 0.3) is 0 Å². The Bertz CT molecular complexity index is 512. The van der Waals surface area contributed by atoms with Crippen molar-refractivity contribution < 1.29 is 24.3 Å². The van der Waals surface area contributed by atoms with Crippen molar-refractivity contribution in [3.05, 3.63) is 0 Å². The zero-order valence-electron chi connectivity index (χ0n) is 16.3. The lowest BCUT2D eigenvalue weighted by atomic mass is 10.0. The molecular weight excluding hydrogens is 354 g/mol. The highest BCUT2D eigenvalue weighted by atomic mass is 16.4. The molecule has 0 aromatic heterocycles. The average Bonchev–Trinajstić information content (AvgIpc) is 2.58. The summed E-state index contributed by atoms with van der Waals surface area (Å²) in [6.07, 6.45) is 2.32. The Morgan fingerprint density at radius 2 is 1.59 bits per heavy atom. The second-order valence-electron chi connectivity index (χ2n) is 6.92. The van der Waals surface area contributed by atoms with Gasteiger partial charge >= 0.3 is 5.97 Å². The van der Waals surface area contributed by atoms with Gasteiger partial charge in [0.05, 0.1) is 6.04 Å². The van der Waals surface area contributed by atoms with E-state index < -0.39 is 48.4 Å². The molecule has 0 aliphatic heterocycles. The maximum atomic E-state index is 12.5. The molecule has 156 valence electrons. The van der Waals surface area contributed by atoms with Crippen LogP contribution in [-0.4, -0.2) is 60.0 Å². The molecule has 10 nitrogen and oxygen atoms in total. The smallest absolute Gasteiger partial charge is 0.322 e. The van der Waals surface area contributed by atoms with Gasteiger partial charge in [0.2, 0.25) is 17.7 Å². The number of carbonyl (C=O) groups excluding carboxylic acids is 3. The Morgan fingerprint density at radius 3 is 2.11 bits per heavy atom. The van der Waals surface area contributed by atoms with Crippen LogP contribution in [0, 0.1) is 5.92 Å². The number of hydrogen-bond donors (Lipinski definition) is 6. The molecule has 0 rings (SSSR count). The summed E-state index contributed by atoms with van der Waals surface area (Å²) in [5.74, 6) is -2.65. The molecule has 0 bridgehead atoms. The highest BCUT2D eigenvalue weighted by molar-refractivity contribution is 5.93. The van der Waals surface area contributed by atoms with Crippen molar-refractivity contribution in [2.45, 2.75) is 64.6 Å². The lowest BCUT2D eigenvalue weighted by molar-refractivity contribution is -0.138. The predicted molar refractivity (Wildman–Crippen MR) is 101 cm³/mol. The molecule has 8 N–H and O–H groups in total. The van der Waals surface area contributed by atoms with Gasteiger partial charge in [-0.05, 0) is 38.6 Å². The van der Waals surface area contributed by atoms with Crippen LogP contribution in [0.1, 0.15) is 46.5 Å². The number of carbonyl (C=O) groups is 4. The fourth-order valence-corrected chi connectivity index (χ4v) is 2.32. The normalized spacial score (nSPS) is 14.1. The lowest BCUT2D eigenvalue weighted by Gasteiger charge is -2.23. The van der Waals surface area contributed by atoms with Crippen molar-refractivity contribution in [3.8, 4) is 0 Å². The third-order valence-electron chi connectivity index (χ3n) is 3.81. The number of nitrogens with one attached hydrogen (secondary N) is 3. The number of carboxylic acid groups (broad SMARTS) is 1. The van der Waals surface area contributed by atoms with Crippen molar-refractivity contribution in [2.75, 3.05) is 13.1 Å². The highest BCUT2D eigenvalue weighted by Crippen LogP contribution is 2.07. The average molecular weight is 387 g/mol. The second-order valence-corrected chi connectivity index (χ2v) is 6.92. The molecule has 0 aliphatic carbocycles. The van der Waals surface area contributed by atoms with E-state index in [-0.39, 0.29) is 5.92 Å². The summed E-state index contributed by atoms with van der Waals surface area (Å²) in [6.45, 7) is 5.21. The summed E-state index contributed by atoms with van der Waals surface area (Å²) in [4.78, 5) is 47.0. The Hall–Kier alpha value is -2.20. The molecule has 3 amide bonds. The molecule has 0 radical (unpaired) electrons. The first-order chi connectivity index (χ1) is 12.6. The molecule has 0 aromatic carbocycles. The topological polar surface area (TPSA) is 177 Å². The van der Waals surface area contributed by atoms with E-state index in [1.54, 1.807) is 0 Å². The minimum atomic E-state index is -1.18. The number of unbranched alkanes of at least 4 members (excludes halogenated alkanes) is 1. The van der Waals surface area contributed by atoms with E-state index in [4.69, 9.17) is 16.6 Å². The molecule has 0 saturated carbocycles. The molecular formula is C17H33N5O5. The van der Waals surface area contributed by atoms with Gasteiger partial charge in [0.15, 0.2) is 0 Å². The van der Waals surface area contributed by atoms with Crippen LogP contribution in [0.4, 0.5) is 0 Å². The summed E-state index contributed by atoms with van der Waals surface area (Å²) >= 11 is 0. The van der Waals surface area contributed by atoms with E-state index in [0.717, 1.165) is 6.42 Å². The minimum absolute atomic E-state index is 0.116. The maximum absolute atomic E-state index is 12.5. The summed E-state index contributed by atoms with van der Waals surface area (Å²) in [6, 6.07) is -2.52. The number of amides is 3. The molecule has 3 unspecified atom stereocenters. The number of carboxylic acids is 1. The largest absolute Gasteiger partial charge is 0.480 e. The van der Waals surface area contributed by atoms with Gasteiger partial charge in [0, 0.05) is 0 Å². The summed E-state index contributed by atoms with van der Waals surface area (Å²) < 4.78 is 0. The Morgan fingerprint density at radius 1 is 0.963 bits per heavy atom. The number of hydrogen-bond acceptors (Lipinski definition) is 6. The summed E-state index contributed by atoms with van der Waals surface area (Å²) in [5, 5.41) is 15.9. The molecule has 0 spiro atoms. The molecule has 0 aliphatic rings. The zero-order valence-corrected chi connectivity index (χ0v) is 16.3. The van der Waals surface area contributed by atoms with E-state index in [1.165, 1.54) is 6.92 Å². The monoisotopic (exact) mass is 387 g/mol. The number of aliphatic carboxylic acids is 1. The standard InChI is InChI=1S/C17H33N5O5/c1-10(2)8-13(22-16(26)12(19)6-4-5-7-18)17(27)21-11(3)15(25)20-9-14(23)24/h10-13H,4-9,18-19H2,1-3H3,(H,20,25)(H,21,27)(H,22,26)(H,23,24). The van der Waals surface area contributed by atoms with E-state index in [1.807, 2.05) is 13.8 Å². The summed E-state index contributed by atoms with van der Waals surface area (Å²) in [7, 11) is 0. The van der Waals surface area contributed by atoms with Crippen molar-refractivity contribution in [1.82, 2.24) is 16.0 Å². The van der Waals surface area contributed by atoms with E-state index in [9.17, 15) is 19.2 Å². The third kappa shape index (κ3) is 11.2. The maximum Gasteiger partial charge on any atom is 0.322 e. The quantitative estimate of drug-likeness (QED) is 0.212. The molecule has 27 heavy (non-hydrogen) atoms. The van der Waals surface area contributed by atoms with Gasteiger partial charge < -0.3 is 32.5 Å². The van der Waals surface area contributed by atoms with Crippen LogP contribution < -0.4 is 27.4 Å². The fourth-order valence-electron chi connectivity index (χ4n) is 2.32. The van der Waals surface area contributed by atoms with Crippen molar-refractivity contribution in [2.24, 2.45) is 17.4 Å². The SMILES string of the molecule is CC(C)CC(NC(=O)C(N)CCCCN)C(=O)NC(C)C(=O)NCC(=O)O. The summed E-state index contributed by atoms with van der Waals surface area (Å²) in [5.41, 5.74) is 11.3. The van der Waals surface area contributed by atoms with Crippen LogP contribution in [0.3, 0.4) is 0 Å². The van der Waals surface area contributed by atoms with Crippen molar-refractivity contribution in [3.63, 3.8) is 0 Å². The Kier molecular flexibility index (Phi) is 12.0. The van der Waals surface area contributed by atoms with Gasteiger partial charge in [-0.2, -0.15) is 0 Å². The van der Waals surface area contributed by atoms with Crippen LogP contribution in [0.5, 0.6) is 0 Å². The fraction of sp³-hybridized carbons (Fsp3) is 0.765. The molecule has 10 heteroatoms. The van der Waals surface area contributed by atoms with Gasteiger partial charge in [-0.25, -0.2) is 0 Å². The lowest BCUT2D eigenvalue weighted by Crippen LogP contribution is -2.55. The van der Waals surface area contributed by atoms with Crippen LogP contribution >= 0.6 is 0 Å². The predicted octanol–water partition coefficient (Wildman–Crippen LogP) is -1.32. The molecule has 0 saturated heterocycles. The van der Waals surface area contributed by atoms with Crippen molar-refractivity contribution in [1.29, 1.82) is 0 Å². The van der Waals surface area contributed by atoms with Gasteiger partial charge in [-0.3, -0.25) is 19.2 Å². The van der Waals surface area contributed by atoms with E-state index in [2.05, 4.69) is 16.0 Å². The first-order valence-corrected chi connectivity index (χ1v) is 9.14. The first kappa shape index (κ1) is 24.8. The van der Waals surface area contributed by atoms with Gasteiger partial charge in [0.1, 0.15) is 18.6 Å².